The quantitative estimate of drug-likeness (QED) is 0.100. The van der Waals surface area contributed by atoms with E-state index in [1.165, 1.54) is 12.7 Å². The number of methoxy groups -OCH3 is 2. The molecular formula is C47H78O20. The predicted molar refractivity (Wildman–Crippen MR) is 230 cm³/mol. The summed E-state index contributed by atoms with van der Waals surface area (Å²) in [6.45, 7) is 8.82. The molecular weight excluding hydrogens is 884 g/mol. The van der Waals surface area contributed by atoms with Gasteiger partial charge in [-0.1, -0.05) is 25.5 Å². The van der Waals surface area contributed by atoms with Crippen LogP contribution in [0.25, 0.3) is 0 Å². The van der Waals surface area contributed by atoms with Gasteiger partial charge in [0.25, 0.3) is 0 Å². The average molecular weight is 963 g/mol. The maximum absolute atomic E-state index is 12.9. The van der Waals surface area contributed by atoms with Gasteiger partial charge < -0.3 is 98.4 Å². The lowest BCUT2D eigenvalue weighted by Crippen LogP contribution is -2.63. The fourth-order valence-electron chi connectivity index (χ4n) is 13.6. The second-order valence-corrected chi connectivity index (χ2v) is 21.3. The number of rotatable bonds is 13. The van der Waals surface area contributed by atoms with Gasteiger partial charge in [-0.2, -0.15) is 0 Å². The van der Waals surface area contributed by atoms with Crippen LogP contribution in [0.15, 0.2) is 11.6 Å². The second-order valence-electron chi connectivity index (χ2n) is 21.3. The zero-order valence-electron chi connectivity index (χ0n) is 39.8. The first-order valence-corrected chi connectivity index (χ1v) is 24.4. The van der Waals surface area contributed by atoms with Gasteiger partial charge in [0, 0.05) is 26.1 Å². The summed E-state index contributed by atoms with van der Waals surface area (Å²) in [5.74, 6) is 0.111. The van der Waals surface area contributed by atoms with Gasteiger partial charge >= 0.3 is 0 Å². The molecule has 4 aliphatic heterocycles. The summed E-state index contributed by atoms with van der Waals surface area (Å²) < 4.78 is 59.8. The molecule has 7 fully saturated rings. The first-order chi connectivity index (χ1) is 31.7. The van der Waals surface area contributed by atoms with E-state index < -0.39 is 147 Å². The van der Waals surface area contributed by atoms with Crippen LogP contribution >= 0.6 is 0 Å². The maximum atomic E-state index is 12.9. The van der Waals surface area contributed by atoms with Gasteiger partial charge in [-0.15, -0.1) is 0 Å². The highest BCUT2D eigenvalue weighted by atomic mass is 16.7. The topological polar surface area (TPSA) is 295 Å². The highest BCUT2D eigenvalue weighted by Crippen LogP contribution is 2.68. The number of hydrogen-bond donors (Lipinski definition) is 10. The average Bonchev–Trinajstić information content (AvgIpc) is 3.59. The van der Waals surface area contributed by atoms with Crippen molar-refractivity contribution in [2.24, 2.45) is 28.6 Å². The van der Waals surface area contributed by atoms with Crippen LogP contribution in [-0.2, 0) is 47.4 Å². The molecule has 0 spiro atoms. The molecule has 20 nitrogen and oxygen atoms in total. The van der Waals surface area contributed by atoms with Crippen molar-refractivity contribution in [1.29, 1.82) is 0 Å². The van der Waals surface area contributed by atoms with Crippen LogP contribution in [0.3, 0.4) is 0 Å². The minimum absolute atomic E-state index is 0.00566. The Hall–Kier alpha value is -1.06. The molecule has 10 N–H and O–H groups in total. The summed E-state index contributed by atoms with van der Waals surface area (Å²) >= 11 is 0. The van der Waals surface area contributed by atoms with Crippen LogP contribution in [0.1, 0.15) is 92.4 Å². The first-order valence-electron chi connectivity index (χ1n) is 24.4. The van der Waals surface area contributed by atoms with Gasteiger partial charge in [0.05, 0.1) is 49.3 Å². The third-order valence-corrected chi connectivity index (χ3v) is 17.8. The zero-order valence-corrected chi connectivity index (χ0v) is 39.8. The fraction of sp³-hybridized carbons (Fsp3) is 0.957. The summed E-state index contributed by atoms with van der Waals surface area (Å²) in [6, 6.07) is 0. The Morgan fingerprint density at radius 1 is 0.687 bits per heavy atom. The van der Waals surface area contributed by atoms with Gasteiger partial charge in [-0.3, -0.25) is 0 Å². The van der Waals surface area contributed by atoms with Crippen LogP contribution in [-0.4, -0.2) is 213 Å². The molecule has 0 aromatic rings. The van der Waals surface area contributed by atoms with E-state index in [-0.39, 0.29) is 29.3 Å². The third kappa shape index (κ3) is 9.34. The van der Waals surface area contributed by atoms with Crippen LogP contribution in [0.5, 0.6) is 0 Å². The van der Waals surface area contributed by atoms with Crippen molar-refractivity contribution in [1.82, 2.24) is 0 Å². The van der Waals surface area contributed by atoms with Crippen LogP contribution in [0.2, 0.25) is 0 Å². The number of allylic oxidation sites excluding steroid dienone is 1. The zero-order chi connectivity index (χ0) is 48.5. The molecule has 0 aromatic carbocycles. The minimum atomic E-state index is -1.68. The van der Waals surface area contributed by atoms with Gasteiger partial charge in [-0.25, -0.2) is 0 Å². The van der Waals surface area contributed by atoms with Crippen LogP contribution in [0, 0.1) is 28.6 Å². The predicted octanol–water partition coefficient (Wildman–Crippen LogP) is -0.889. The second kappa shape index (κ2) is 20.5. The van der Waals surface area contributed by atoms with Crippen molar-refractivity contribution in [3.05, 3.63) is 11.6 Å². The van der Waals surface area contributed by atoms with Crippen molar-refractivity contribution in [3.63, 3.8) is 0 Å². The molecule has 4 saturated heterocycles. The van der Waals surface area contributed by atoms with E-state index in [2.05, 4.69) is 19.9 Å². The smallest absolute Gasteiger partial charge is 0.187 e. The Morgan fingerprint density at radius 2 is 1.37 bits per heavy atom. The van der Waals surface area contributed by atoms with Crippen LogP contribution < -0.4 is 0 Å². The van der Waals surface area contributed by atoms with Gasteiger partial charge in [-0.05, 0) is 95.3 Å². The highest BCUT2D eigenvalue weighted by molar-refractivity contribution is 5.28. The molecule has 0 radical (unpaired) electrons. The summed E-state index contributed by atoms with van der Waals surface area (Å²) in [6.07, 6.45) is -13.8. The van der Waals surface area contributed by atoms with Crippen molar-refractivity contribution >= 4 is 0 Å². The Morgan fingerprint density at radius 3 is 2.06 bits per heavy atom. The number of ether oxygens (including phenoxy) is 10. The number of aliphatic hydroxyl groups excluding tert-OH is 9. The molecule has 27 atom stereocenters. The molecule has 0 amide bonds. The molecule has 0 unspecified atom stereocenters. The van der Waals surface area contributed by atoms with Gasteiger partial charge in [0.15, 0.2) is 25.2 Å². The fourth-order valence-corrected chi connectivity index (χ4v) is 13.6. The lowest BCUT2D eigenvalue weighted by molar-refractivity contribution is -0.342. The Bertz CT molecular complexity index is 1690. The molecule has 0 bridgehead atoms. The molecule has 67 heavy (non-hydrogen) atoms. The highest BCUT2D eigenvalue weighted by Gasteiger charge is 2.67. The molecule has 3 saturated carbocycles. The number of fused-ring (bicyclic) bond motifs is 5. The van der Waals surface area contributed by atoms with E-state index in [1.54, 1.807) is 14.0 Å². The van der Waals surface area contributed by atoms with E-state index in [0.29, 0.717) is 19.3 Å². The van der Waals surface area contributed by atoms with Crippen molar-refractivity contribution in [2.75, 3.05) is 27.4 Å². The molecule has 20 heteroatoms. The van der Waals surface area contributed by atoms with Crippen molar-refractivity contribution < 1.29 is 98.4 Å². The Labute approximate surface area is 392 Å². The normalized spacial score (nSPS) is 54.1. The van der Waals surface area contributed by atoms with Crippen LogP contribution in [0.4, 0.5) is 0 Å². The van der Waals surface area contributed by atoms with Gasteiger partial charge in [0.2, 0.25) is 0 Å². The monoisotopic (exact) mass is 963 g/mol. The van der Waals surface area contributed by atoms with E-state index in [0.717, 1.165) is 38.5 Å². The first kappa shape index (κ1) is 52.3. The molecule has 4 heterocycles. The SMILES string of the molecule is CO[C@@H]1[C@H](O)[C@H](O[C@@H]2[C@@H](OC)C[C@@H](O[C@@H]3CC[C@]4(C)C(=CC[C@H]5[C@H]4CC[C@@]4(C)[C@H]([C@H](C)O[C@H]6O[C@@H](CO[C@@H]7O[C@H](CO)[C@@H](O)[C@H](O)[C@@H]7O)[C@H](O)[C@@H](O)[C@@H]6O)CC[C@]54O)C3)O[C@@H]2C)O[C@H](C)[C@H]1O. The molecule has 0 aromatic heterocycles. The summed E-state index contributed by atoms with van der Waals surface area (Å²) in [5.41, 5.74) is -0.330. The molecule has 386 valence electrons. The van der Waals surface area contributed by atoms with E-state index in [1.807, 2.05) is 13.8 Å². The standard InChI is InChI=1S/C47H78O20/c1-20(62-43-38(55)36(53)34(51)30(66-43)19-60-42-37(54)35(52)33(50)29(18-48)65-42)25-12-15-47(57)27-9-8-23-16-24(10-13-45(23,4)26(27)11-14-46(25,47)5)64-31-17-28(58-6)40(22(3)61-31)67-44-39(56)41(59-7)32(49)21(2)63-44/h8,20-22,24-44,48-57H,9-19H2,1-7H3/t20-,21+,22+,24+,25-,26+,27-,28-,29+,30-,31+,32+,33+,34-,35-,36+,37-,38-,39-,40-,41-,42+,43-,44-,45+,46-,47-/m0/s1. The summed E-state index contributed by atoms with van der Waals surface area (Å²) in [5, 5.41) is 107. The minimum Gasteiger partial charge on any atom is -0.394 e. The van der Waals surface area contributed by atoms with E-state index in [4.69, 9.17) is 47.4 Å². The number of aliphatic hydroxyl groups is 10. The molecule has 8 rings (SSSR count). The number of hydrogen-bond acceptors (Lipinski definition) is 20. The summed E-state index contributed by atoms with van der Waals surface area (Å²) in [7, 11) is 3.03. The lowest BCUT2D eigenvalue weighted by Gasteiger charge is -2.61. The molecule has 4 aliphatic carbocycles. The van der Waals surface area contributed by atoms with Gasteiger partial charge in [0.1, 0.15) is 73.2 Å². The Kier molecular flexibility index (Phi) is 16.0. The molecule has 8 aliphatic rings. The van der Waals surface area contributed by atoms with Crippen molar-refractivity contribution in [3.8, 4) is 0 Å². The summed E-state index contributed by atoms with van der Waals surface area (Å²) in [4.78, 5) is 0. The van der Waals surface area contributed by atoms with Crippen molar-refractivity contribution in [2.45, 2.75) is 227 Å². The third-order valence-electron chi connectivity index (χ3n) is 17.8. The Balaban J connectivity index is 0.872. The lowest BCUT2D eigenvalue weighted by atomic mass is 9.45. The largest absolute Gasteiger partial charge is 0.394 e. The maximum Gasteiger partial charge on any atom is 0.187 e. The van der Waals surface area contributed by atoms with E-state index in [9.17, 15) is 51.1 Å². The van der Waals surface area contributed by atoms with E-state index >= 15 is 0 Å².